The highest BCUT2D eigenvalue weighted by molar-refractivity contribution is 7.91. The van der Waals surface area contributed by atoms with Gasteiger partial charge in [-0.1, -0.05) is 42.5 Å². The van der Waals surface area contributed by atoms with Crippen molar-refractivity contribution in [2.24, 2.45) is 0 Å². The van der Waals surface area contributed by atoms with Crippen molar-refractivity contribution in [1.82, 2.24) is 0 Å². The minimum absolute atomic E-state index is 0.238. The summed E-state index contributed by atoms with van der Waals surface area (Å²) in [5.41, 5.74) is 2.14. The Balaban J connectivity index is 1.96. The second-order valence-electron chi connectivity index (χ2n) is 4.79. The molecular weight excluding hydrogens is 288 g/mol. The minimum Gasteiger partial charge on any atom is -0.486 e. The molecule has 4 nitrogen and oxygen atoms in total. The van der Waals surface area contributed by atoms with Crippen LogP contribution < -0.4 is 4.74 Å². The molecule has 5 heteroatoms. The zero-order valence-electron chi connectivity index (χ0n) is 11.7. The van der Waals surface area contributed by atoms with E-state index in [1.54, 1.807) is 12.1 Å². The smallest absolute Gasteiger partial charge is 0.185 e. The van der Waals surface area contributed by atoms with E-state index in [1.807, 2.05) is 42.5 Å². The number of rotatable bonds is 6. The average Bonchev–Trinajstić information content (AvgIpc) is 2.45. The normalized spacial score (nSPS) is 11.1. The van der Waals surface area contributed by atoms with Gasteiger partial charge in [-0.15, -0.1) is 0 Å². The van der Waals surface area contributed by atoms with Gasteiger partial charge in [0.2, 0.25) is 0 Å². The fourth-order valence-corrected chi connectivity index (χ4v) is 2.54. The maximum Gasteiger partial charge on any atom is 0.185 e. The Morgan fingerprint density at radius 3 is 2.10 bits per heavy atom. The lowest BCUT2D eigenvalue weighted by molar-refractivity contribution is -0.118. The van der Waals surface area contributed by atoms with E-state index in [2.05, 4.69) is 0 Å². The number of ether oxygens (including phenoxy) is 1. The van der Waals surface area contributed by atoms with Gasteiger partial charge in [0.25, 0.3) is 0 Å². The van der Waals surface area contributed by atoms with Crippen molar-refractivity contribution in [3.63, 3.8) is 0 Å². The molecule has 0 saturated heterocycles. The fraction of sp³-hybridized carbons (Fsp3) is 0.188. The molecule has 0 aliphatic rings. The van der Waals surface area contributed by atoms with Crippen LogP contribution in [0.2, 0.25) is 0 Å². The topological polar surface area (TPSA) is 60.4 Å². The Hall–Kier alpha value is -2.14. The first kappa shape index (κ1) is 15.3. The summed E-state index contributed by atoms with van der Waals surface area (Å²) in [5, 5.41) is 0. The maximum atomic E-state index is 11.4. The highest BCUT2D eigenvalue weighted by Gasteiger charge is 2.11. The van der Waals surface area contributed by atoms with Crippen molar-refractivity contribution in [3.05, 3.63) is 54.6 Å². The molecule has 0 amide bonds. The van der Waals surface area contributed by atoms with Crippen molar-refractivity contribution in [3.8, 4) is 16.9 Å². The SMILES string of the molecule is CS(=O)(=O)CC(=O)COc1ccc(-c2ccccc2)cc1. The molecule has 0 unspecified atom stereocenters. The Bertz CT molecular complexity index is 704. The summed E-state index contributed by atoms with van der Waals surface area (Å²) in [6.07, 6.45) is 1.03. The van der Waals surface area contributed by atoms with Gasteiger partial charge in [0.05, 0.1) is 0 Å². The second-order valence-corrected chi connectivity index (χ2v) is 6.93. The van der Waals surface area contributed by atoms with Crippen molar-refractivity contribution in [1.29, 1.82) is 0 Å². The number of hydrogen-bond acceptors (Lipinski definition) is 4. The van der Waals surface area contributed by atoms with Crippen LogP contribution in [0.25, 0.3) is 11.1 Å². The number of ketones is 1. The first-order valence-electron chi connectivity index (χ1n) is 6.42. The first-order chi connectivity index (χ1) is 9.94. The zero-order chi connectivity index (χ0) is 15.3. The molecule has 0 N–H and O–H groups in total. The largest absolute Gasteiger partial charge is 0.486 e. The van der Waals surface area contributed by atoms with Gasteiger partial charge in [0, 0.05) is 6.26 Å². The Kier molecular flexibility index (Phi) is 4.75. The van der Waals surface area contributed by atoms with Crippen LogP contribution in [0.15, 0.2) is 54.6 Å². The molecule has 0 spiro atoms. The average molecular weight is 304 g/mol. The number of carbonyl (C=O) groups excluding carboxylic acids is 1. The van der Waals surface area contributed by atoms with Crippen LogP contribution in [0, 0.1) is 0 Å². The molecule has 0 aliphatic carbocycles. The number of hydrogen-bond donors (Lipinski definition) is 0. The van der Waals surface area contributed by atoms with E-state index in [9.17, 15) is 13.2 Å². The molecular formula is C16H16O4S. The molecule has 110 valence electrons. The van der Waals surface area contributed by atoms with Gasteiger partial charge in [-0.3, -0.25) is 4.79 Å². The van der Waals surface area contributed by atoms with Crippen LogP contribution in [0.3, 0.4) is 0 Å². The number of Topliss-reactive ketones (excluding diaryl/α,β-unsaturated/α-hetero) is 1. The van der Waals surface area contributed by atoms with E-state index < -0.39 is 21.4 Å². The van der Waals surface area contributed by atoms with Crippen LogP contribution in [0.4, 0.5) is 0 Å². The fourth-order valence-electron chi connectivity index (χ4n) is 1.87. The second kappa shape index (κ2) is 6.54. The highest BCUT2D eigenvalue weighted by Crippen LogP contribution is 2.21. The zero-order valence-corrected chi connectivity index (χ0v) is 12.5. The molecule has 0 radical (unpaired) electrons. The summed E-state index contributed by atoms with van der Waals surface area (Å²) >= 11 is 0. The lowest BCUT2D eigenvalue weighted by Crippen LogP contribution is -2.20. The van der Waals surface area contributed by atoms with Crippen LogP contribution in [0.1, 0.15) is 0 Å². The van der Waals surface area contributed by atoms with Gasteiger partial charge >= 0.3 is 0 Å². The molecule has 0 saturated carbocycles. The molecule has 2 aromatic rings. The van der Waals surface area contributed by atoms with Gasteiger partial charge in [-0.05, 0) is 23.3 Å². The molecule has 0 bridgehead atoms. The Labute approximate surface area is 124 Å². The minimum atomic E-state index is -3.30. The number of benzene rings is 2. The van der Waals surface area contributed by atoms with Gasteiger partial charge < -0.3 is 4.74 Å². The molecule has 0 fully saturated rings. The molecule has 0 aromatic heterocycles. The molecule has 0 atom stereocenters. The lowest BCUT2D eigenvalue weighted by Gasteiger charge is -2.06. The number of sulfone groups is 1. The molecule has 2 aromatic carbocycles. The summed E-state index contributed by atoms with van der Waals surface area (Å²) in [5.74, 6) is -0.407. The third-order valence-corrected chi connectivity index (χ3v) is 3.63. The molecule has 2 rings (SSSR count). The standard InChI is InChI=1S/C16H16O4S/c1-21(18,19)12-15(17)11-20-16-9-7-14(8-10-16)13-5-3-2-4-6-13/h2-10H,11-12H2,1H3. The number of carbonyl (C=O) groups is 1. The predicted octanol–water partition coefficient (Wildman–Crippen LogP) is 2.35. The van der Waals surface area contributed by atoms with Crippen molar-refractivity contribution < 1.29 is 17.9 Å². The maximum absolute atomic E-state index is 11.4. The molecule has 0 heterocycles. The first-order valence-corrected chi connectivity index (χ1v) is 8.48. The van der Waals surface area contributed by atoms with E-state index in [0.29, 0.717) is 5.75 Å². The third-order valence-electron chi connectivity index (χ3n) is 2.78. The van der Waals surface area contributed by atoms with Gasteiger partial charge in [0.15, 0.2) is 15.6 Å². The molecule has 21 heavy (non-hydrogen) atoms. The van der Waals surface area contributed by atoms with E-state index in [4.69, 9.17) is 4.74 Å². The molecule has 0 aliphatic heterocycles. The summed E-state index contributed by atoms with van der Waals surface area (Å²) in [7, 11) is -3.30. The summed E-state index contributed by atoms with van der Waals surface area (Å²) in [4.78, 5) is 11.4. The Morgan fingerprint density at radius 1 is 0.952 bits per heavy atom. The van der Waals surface area contributed by atoms with E-state index in [-0.39, 0.29) is 6.61 Å². The van der Waals surface area contributed by atoms with E-state index in [1.165, 1.54) is 0 Å². The summed E-state index contributed by atoms with van der Waals surface area (Å²) in [6.45, 7) is -0.238. The van der Waals surface area contributed by atoms with Gasteiger partial charge in [-0.2, -0.15) is 0 Å². The predicted molar refractivity (Wildman–Crippen MR) is 82.1 cm³/mol. The lowest BCUT2D eigenvalue weighted by atomic mass is 10.1. The quantitative estimate of drug-likeness (QED) is 0.822. The van der Waals surface area contributed by atoms with Crippen molar-refractivity contribution in [2.75, 3.05) is 18.6 Å². The third kappa shape index (κ3) is 5.04. The van der Waals surface area contributed by atoms with Crippen LogP contribution in [-0.2, 0) is 14.6 Å². The summed E-state index contributed by atoms with van der Waals surface area (Å²) in [6, 6.07) is 17.2. The van der Waals surface area contributed by atoms with Gasteiger partial charge in [-0.25, -0.2) is 8.42 Å². The van der Waals surface area contributed by atoms with E-state index >= 15 is 0 Å². The summed E-state index contributed by atoms with van der Waals surface area (Å²) < 4.78 is 27.2. The Morgan fingerprint density at radius 2 is 1.52 bits per heavy atom. The monoisotopic (exact) mass is 304 g/mol. The van der Waals surface area contributed by atoms with Crippen molar-refractivity contribution >= 4 is 15.6 Å². The van der Waals surface area contributed by atoms with Crippen LogP contribution >= 0.6 is 0 Å². The van der Waals surface area contributed by atoms with Crippen LogP contribution in [-0.4, -0.2) is 32.8 Å². The van der Waals surface area contributed by atoms with E-state index in [0.717, 1.165) is 17.4 Å². The van der Waals surface area contributed by atoms with Gasteiger partial charge in [0.1, 0.15) is 18.1 Å². The highest BCUT2D eigenvalue weighted by atomic mass is 32.2. The van der Waals surface area contributed by atoms with Crippen molar-refractivity contribution in [2.45, 2.75) is 0 Å². The van der Waals surface area contributed by atoms with Crippen LogP contribution in [0.5, 0.6) is 5.75 Å².